The first-order chi connectivity index (χ1) is 6.81. The Morgan fingerprint density at radius 3 is 2.57 bits per heavy atom. The Morgan fingerprint density at radius 2 is 2.14 bits per heavy atom. The van der Waals surface area contributed by atoms with Crippen molar-refractivity contribution in [1.82, 2.24) is 0 Å². The first-order valence-corrected chi connectivity index (χ1v) is 4.46. The third-order valence-corrected chi connectivity index (χ3v) is 2.08. The molecule has 1 aromatic carbocycles. The fourth-order valence-corrected chi connectivity index (χ4v) is 1.27. The van der Waals surface area contributed by atoms with Crippen LogP contribution in [0.3, 0.4) is 0 Å². The van der Waals surface area contributed by atoms with Gasteiger partial charge in [-0.3, -0.25) is 0 Å². The quantitative estimate of drug-likeness (QED) is 0.679. The summed E-state index contributed by atoms with van der Waals surface area (Å²) in [7, 11) is 1.63. The maximum absolute atomic E-state index is 8.91. The molecule has 72 valence electrons. The fourth-order valence-electron chi connectivity index (χ4n) is 1.27. The topological polar surface area (TPSA) is 33.0 Å². The zero-order valence-electron chi connectivity index (χ0n) is 8.23. The van der Waals surface area contributed by atoms with E-state index in [1.807, 2.05) is 24.3 Å². The van der Waals surface area contributed by atoms with Gasteiger partial charge in [-0.1, -0.05) is 18.2 Å². The molecule has 2 nitrogen and oxygen atoms in total. The van der Waals surface area contributed by atoms with Crippen LogP contribution in [0.15, 0.2) is 36.9 Å². The molecule has 0 amide bonds. The molecule has 1 unspecified atom stereocenters. The highest BCUT2D eigenvalue weighted by Crippen LogP contribution is 2.21. The van der Waals surface area contributed by atoms with Gasteiger partial charge in [0.05, 0.1) is 19.1 Å². The lowest BCUT2D eigenvalue weighted by atomic mass is 9.97. The van der Waals surface area contributed by atoms with Gasteiger partial charge in [0.1, 0.15) is 5.75 Å². The molecule has 0 bridgehead atoms. The number of hydrogen-bond donors (Lipinski definition) is 0. The van der Waals surface area contributed by atoms with E-state index in [9.17, 15) is 0 Å². The van der Waals surface area contributed by atoms with Crippen LogP contribution in [0.4, 0.5) is 0 Å². The van der Waals surface area contributed by atoms with Gasteiger partial charge in [0.2, 0.25) is 0 Å². The molecule has 0 aliphatic rings. The van der Waals surface area contributed by atoms with Crippen LogP contribution in [0.5, 0.6) is 5.75 Å². The van der Waals surface area contributed by atoms with Crippen molar-refractivity contribution in [3.05, 3.63) is 42.5 Å². The summed E-state index contributed by atoms with van der Waals surface area (Å²) in [6.45, 7) is 3.63. The lowest BCUT2D eigenvalue weighted by Gasteiger charge is -2.07. The zero-order chi connectivity index (χ0) is 10.4. The van der Waals surface area contributed by atoms with Gasteiger partial charge in [-0.25, -0.2) is 0 Å². The van der Waals surface area contributed by atoms with E-state index >= 15 is 0 Å². The number of ether oxygens (including phenoxy) is 1. The average Bonchev–Trinajstić information content (AvgIpc) is 2.26. The Bertz CT molecular complexity index is 334. The highest BCUT2D eigenvalue weighted by Gasteiger charge is 2.07. The summed E-state index contributed by atoms with van der Waals surface area (Å²) < 4.78 is 5.04. The molecule has 0 N–H and O–H groups in total. The van der Waals surface area contributed by atoms with Crippen LogP contribution in [0.1, 0.15) is 17.9 Å². The summed E-state index contributed by atoms with van der Waals surface area (Å²) >= 11 is 0. The fraction of sp³-hybridized carbons (Fsp3) is 0.250. The lowest BCUT2D eigenvalue weighted by molar-refractivity contribution is 0.414. The molecule has 0 radical (unpaired) electrons. The van der Waals surface area contributed by atoms with E-state index in [1.165, 1.54) is 0 Å². The number of methoxy groups -OCH3 is 1. The van der Waals surface area contributed by atoms with Crippen molar-refractivity contribution in [2.24, 2.45) is 0 Å². The minimum atomic E-state index is -0.0987. The molecular formula is C12H13NO. The number of nitrogens with zero attached hydrogens (tertiary/aromatic N) is 1. The molecule has 14 heavy (non-hydrogen) atoms. The summed E-state index contributed by atoms with van der Waals surface area (Å²) in [5.41, 5.74) is 1.01. The van der Waals surface area contributed by atoms with Gasteiger partial charge in [0.25, 0.3) is 0 Å². The molecule has 1 aromatic rings. The molecule has 0 aliphatic carbocycles. The van der Waals surface area contributed by atoms with E-state index in [-0.39, 0.29) is 5.92 Å². The summed E-state index contributed by atoms with van der Waals surface area (Å²) in [6.07, 6.45) is 2.45. The van der Waals surface area contributed by atoms with Crippen molar-refractivity contribution < 1.29 is 4.74 Å². The van der Waals surface area contributed by atoms with Crippen molar-refractivity contribution in [3.63, 3.8) is 0 Å². The maximum atomic E-state index is 8.91. The van der Waals surface area contributed by atoms with Crippen LogP contribution in [-0.4, -0.2) is 7.11 Å². The van der Waals surface area contributed by atoms with Gasteiger partial charge >= 0.3 is 0 Å². The van der Waals surface area contributed by atoms with E-state index in [4.69, 9.17) is 10.00 Å². The van der Waals surface area contributed by atoms with Gasteiger partial charge in [0.15, 0.2) is 0 Å². The SMILES string of the molecule is C=CCC(C#N)c1ccc(OC)cc1. The zero-order valence-corrected chi connectivity index (χ0v) is 8.23. The van der Waals surface area contributed by atoms with Crippen LogP contribution in [0.2, 0.25) is 0 Å². The predicted molar refractivity (Wildman–Crippen MR) is 56.2 cm³/mol. The van der Waals surface area contributed by atoms with Gasteiger partial charge in [0, 0.05) is 0 Å². The summed E-state index contributed by atoms with van der Waals surface area (Å²) in [6, 6.07) is 9.80. The van der Waals surface area contributed by atoms with E-state index in [1.54, 1.807) is 13.2 Å². The normalized spacial score (nSPS) is 11.4. The Balaban J connectivity index is 2.84. The largest absolute Gasteiger partial charge is 0.497 e. The third-order valence-electron chi connectivity index (χ3n) is 2.08. The van der Waals surface area contributed by atoms with Crippen molar-refractivity contribution in [3.8, 4) is 11.8 Å². The van der Waals surface area contributed by atoms with Gasteiger partial charge < -0.3 is 4.74 Å². The molecule has 2 heteroatoms. The van der Waals surface area contributed by atoms with Crippen molar-refractivity contribution in [2.75, 3.05) is 7.11 Å². The van der Waals surface area contributed by atoms with Crippen LogP contribution >= 0.6 is 0 Å². The smallest absolute Gasteiger partial charge is 0.118 e. The number of nitriles is 1. The Morgan fingerprint density at radius 1 is 1.50 bits per heavy atom. The van der Waals surface area contributed by atoms with Crippen molar-refractivity contribution in [1.29, 1.82) is 5.26 Å². The first-order valence-electron chi connectivity index (χ1n) is 4.46. The number of rotatable bonds is 4. The summed E-state index contributed by atoms with van der Waals surface area (Å²) in [5.74, 6) is 0.711. The maximum Gasteiger partial charge on any atom is 0.118 e. The Labute approximate surface area is 84.4 Å². The van der Waals surface area contributed by atoms with Crippen LogP contribution in [0.25, 0.3) is 0 Å². The van der Waals surface area contributed by atoms with E-state index in [0.29, 0.717) is 6.42 Å². The van der Waals surface area contributed by atoms with Crippen molar-refractivity contribution in [2.45, 2.75) is 12.3 Å². The molecule has 0 spiro atoms. The molecule has 1 rings (SSSR count). The summed E-state index contributed by atoms with van der Waals surface area (Å²) in [5, 5.41) is 8.91. The molecule has 0 aliphatic heterocycles. The van der Waals surface area contributed by atoms with E-state index < -0.39 is 0 Å². The van der Waals surface area contributed by atoms with E-state index in [2.05, 4.69) is 12.6 Å². The van der Waals surface area contributed by atoms with Crippen LogP contribution in [-0.2, 0) is 0 Å². The third kappa shape index (κ3) is 2.37. The second-order valence-electron chi connectivity index (χ2n) is 2.98. The van der Waals surface area contributed by atoms with E-state index in [0.717, 1.165) is 11.3 Å². The van der Waals surface area contributed by atoms with Gasteiger partial charge in [-0.05, 0) is 24.1 Å². The molecular weight excluding hydrogens is 174 g/mol. The van der Waals surface area contributed by atoms with Gasteiger partial charge in [-0.2, -0.15) is 5.26 Å². The number of hydrogen-bond acceptors (Lipinski definition) is 2. The monoisotopic (exact) mass is 187 g/mol. The molecule has 0 saturated carbocycles. The molecule has 1 atom stereocenters. The Kier molecular flexibility index (Phi) is 3.75. The average molecular weight is 187 g/mol. The second-order valence-corrected chi connectivity index (χ2v) is 2.98. The van der Waals surface area contributed by atoms with Crippen molar-refractivity contribution >= 4 is 0 Å². The van der Waals surface area contributed by atoms with Crippen LogP contribution < -0.4 is 4.74 Å². The predicted octanol–water partition coefficient (Wildman–Crippen LogP) is 2.88. The molecule has 0 saturated heterocycles. The number of benzene rings is 1. The highest BCUT2D eigenvalue weighted by molar-refractivity contribution is 5.32. The summed E-state index contributed by atoms with van der Waals surface area (Å²) in [4.78, 5) is 0. The van der Waals surface area contributed by atoms with Gasteiger partial charge in [-0.15, -0.1) is 6.58 Å². The first kappa shape index (κ1) is 10.3. The minimum absolute atomic E-state index is 0.0987. The standard InChI is InChI=1S/C12H13NO/c1-3-4-11(9-13)10-5-7-12(14-2)8-6-10/h3,5-8,11H,1,4H2,2H3. The highest BCUT2D eigenvalue weighted by atomic mass is 16.5. The lowest BCUT2D eigenvalue weighted by Crippen LogP contribution is -1.93. The molecule has 0 fully saturated rings. The minimum Gasteiger partial charge on any atom is -0.497 e. The molecule has 0 heterocycles. The molecule has 0 aromatic heterocycles. The van der Waals surface area contributed by atoms with Crippen LogP contribution in [0, 0.1) is 11.3 Å². The second kappa shape index (κ2) is 5.08. The Hall–Kier alpha value is -1.75. The number of allylic oxidation sites excluding steroid dienone is 1.